The van der Waals surface area contributed by atoms with Gasteiger partial charge in [-0.15, -0.1) is 11.6 Å². The van der Waals surface area contributed by atoms with E-state index in [0.29, 0.717) is 11.9 Å². The molecule has 18 heavy (non-hydrogen) atoms. The van der Waals surface area contributed by atoms with Crippen molar-refractivity contribution in [2.24, 2.45) is 0 Å². The molecule has 4 nitrogen and oxygen atoms in total. The van der Waals surface area contributed by atoms with Crippen molar-refractivity contribution in [3.63, 3.8) is 0 Å². The van der Waals surface area contributed by atoms with E-state index in [4.69, 9.17) is 16.6 Å². The first kappa shape index (κ1) is 12.0. The zero-order chi connectivity index (χ0) is 12.7. The van der Waals surface area contributed by atoms with Crippen molar-refractivity contribution in [2.45, 2.75) is 52.1 Å². The van der Waals surface area contributed by atoms with Crippen molar-refractivity contribution in [1.82, 2.24) is 19.3 Å². The first-order valence-electron chi connectivity index (χ1n) is 6.76. The molecule has 0 N–H and O–H groups in total. The summed E-state index contributed by atoms with van der Waals surface area (Å²) in [5.41, 5.74) is 3.28. The summed E-state index contributed by atoms with van der Waals surface area (Å²) >= 11 is 5.91. The van der Waals surface area contributed by atoms with E-state index in [9.17, 15) is 0 Å². The molecule has 1 fully saturated rings. The van der Waals surface area contributed by atoms with Crippen molar-refractivity contribution >= 4 is 22.8 Å². The van der Waals surface area contributed by atoms with Crippen LogP contribution >= 0.6 is 11.6 Å². The van der Waals surface area contributed by atoms with Crippen LogP contribution in [0.5, 0.6) is 0 Å². The lowest BCUT2D eigenvalue weighted by molar-refractivity contribution is 0.310. The normalized spacial score (nSPS) is 16.4. The third-order valence-electron chi connectivity index (χ3n) is 3.87. The van der Waals surface area contributed by atoms with Gasteiger partial charge in [-0.1, -0.05) is 0 Å². The molecule has 2 aromatic rings. The fourth-order valence-electron chi connectivity index (χ4n) is 2.74. The van der Waals surface area contributed by atoms with Crippen LogP contribution in [-0.4, -0.2) is 25.2 Å². The summed E-state index contributed by atoms with van der Waals surface area (Å²) in [4.78, 5) is 4.77. The molecular formula is C13H19ClN4. The van der Waals surface area contributed by atoms with Crippen LogP contribution in [0.15, 0.2) is 0 Å². The van der Waals surface area contributed by atoms with Crippen molar-refractivity contribution in [3.8, 4) is 0 Å². The minimum Gasteiger partial charge on any atom is -0.310 e. The average Bonchev–Trinajstić information content (AvgIpc) is 2.78. The molecule has 98 valence electrons. The Morgan fingerprint density at radius 2 is 2.17 bits per heavy atom. The molecule has 0 spiro atoms. The SMILES string of the molecule is CCn1nc(C)c2nc(CCCl)n(C3CCC3)c21. The largest absolute Gasteiger partial charge is 0.310 e. The van der Waals surface area contributed by atoms with Gasteiger partial charge in [0.2, 0.25) is 0 Å². The van der Waals surface area contributed by atoms with Crippen LogP contribution in [0.1, 0.15) is 43.7 Å². The Bertz CT molecular complexity index is 565. The molecule has 0 aromatic carbocycles. The highest BCUT2D eigenvalue weighted by Crippen LogP contribution is 2.36. The number of alkyl halides is 1. The topological polar surface area (TPSA) is 35.6 Å². The maximum absolute atomic E-state index is 5.91. The number of halogens is 1. The molecule has 5 heteroatoms. The molecule has 1 aliphatic rings. The van der Waals surface area contributed by atoms with Gasteiger partial charge < -0.3 is 4.57 Å². The number of nitrogens with zero attached hydrogens (tertiary/aromatic N) is 4. The van der Waals surface area contributed by atoms with E-state index in [2.05, 4.69) is 21.3 Å². The highest BCUT2D eigenvalue weighted by Gasteiger charge is 2.27. The van der Waals surface area contributed by atoms with Gasteiger partial charge in [-0.25, -0.2) is 9.67 Å². The smallest absolute Gasteiger partial charge is 0.159 e. The standard InChI is InChI=1S/C13H19ClN4/c1-3-17-13-12(9(2)16-17)15-11(7-8-14)18(13)10-5-4-6-10/h10H,3-8H2,1-2H3. The monoisotopic (exact) mass is 266 g/mol. The summed E-state index contributed by atoms with van der Waals surface area (Å²) in [7, 11) is 0. The summed E-state index contributed by atoms with van der Waals surface area (Å²) in [6, 6.07) is 0.606. The zero-order valence-electron chi connectivity index (χ0n) is 11.0. The Kier molecular flexibility index (Phi) is 3.06. The van der Waals surface area contributed by atoms with Gasteiger partial charge in [0, 0.05) is 24.9 Å². The summed E-state index contributed by atoms with van der Waals surface area (Å²) in [6.07, 6.45) is 4.68. The minimum atomic E-state index is 0.606. The van der Waals surface area contributed by atoms with E-state index >= 15 is 0 Å². The molecule has 2 aromatic heterocycles. The van der Waals surface area contributed by atoms with Crippen molar-refractivity contribution in [1.29, 1.82) is 0 Å². The van der Waals surface area contributed by atoms with Gasteiger partial charge in [-0.3, -0.25) is 0 Å². The van der Waals surface area contributed by atoms with Gasteiger partial charge in [0.1, 0.15) is 11.3 Å². The van der Waals surface area contributed by atoms with E-state index < -0.39 is 0 Å². The van der Waals surface area contributed by atoms with Gasteiger partial charge in [0.25, 0.3) is 0 Å². The summed E-state index contributed by atoms with van der Waals surface area (Å²) < 4.78 is 4.47. The zero-order valence-corrected chi connectivity index (χ0v) is 11.7. The lowest BCUT2D eigenvalue weighted by Crippen LogP contribution is -2.21. The first-order valence-corrected chi connectivity index (χ1v) is 7.30. The Morgan fingerprint density at radius 1 is 1.39 bits per heavy atom. The number of hydrogen-bond acceptors (Lipinski definition) is 2. The first-order chi connectivity index (χ1) is 8.76. The third kappa shape index (κ3) is 1.66. The Morgan fingerprint density at radius 3 is 2.72 bits per heavy atom. The summed E-state index contributed by atoms with van der Waals surface area (Å²) in [5, 5.41) is 4.57. The van der Waals surface area contributed by atoms with Gasteiger partial charge in [-0.05, 0) is 33.1 Å². The van der Waals surface area contributed by atoms with Crippen molar-refractivity contribution < 1.29 is 0 Å². The molecule has 0 aliphatic heterocycles. The van der Waals surface area contributed by atoms with Crippen LogP contribution in [0.3, 0.4) is 0 Å². The lowest BCUT2D eigenvalue weighted by atomic mass is 9.92. The number of rotatable bonds is 4. The Balaban J connectivity index is 2.21. The maximum Gasteiger partial charge on any atom is 0.159 e. The van der Waals surface area contributed by atoms with E-state index in [1.165, 1.54) is 24.9 Å². The van der Waals surface area contributed by atoms with E-state index in [1.54, 1.807) is 0 Å². The van der Waals surface area contributed by atoms with E-state index in [1.807, 2.05) is 6.92 Å². The van der Waals surface area contributed by atoms with Crippen LogP contribution in [-0.2, 0) is 13.0 Å². The molecule has 2 heterocycles. The van der Waals surface area contributed by atoms with Crippen LogP contribution < -0.4 is 0 Å². The van der Waals surface area contributed by atoms with Crippen LogP contribution in [0, 0.1) is 6.92 Å². The second-order valence-corrected chi connectivity index (χ2v) is 5.37. The van der Waals surface area contributed by atoms with Gasteiger partial charge in [0.15, 0.2) is 5.65 Å². The van der Waals surface area contributed by atoms with Gasteiger partial charge in [-0.2, -0.15) is 5.10 Å². The summed E-state index contributed by atoms with van der Waals surface area (Å²) in [5.74, 6) is 1.76. The Hall–Kier alpha value is -1.03. The molecule has 0 bridgehead atoms. The third-order valence-corrected chi connectivity index (χ3v) is 4.06. The molecule has 0 unspecified atom stereocenters. The number of aromatic nitrogens is 4. The molecule has 1 aliphatic carbocycles. The fourth-order valence-corrected chi connectivity index (χ4v) is 2.91. The van der Waals surface area contributed by atoms with E-state index in [-0.39, 0.29) is 0 Å². The molecule has 0 atom stereocenters. The van der Waals surface area contributed by atoms with Crippen LogP contribution in [0.25, 0.3) is 11.2 Å². The predicted molar refractivity (Wildman–Crippen MR) is 73.2 cm³/mol. The molecule has 0 saturated heterocycles. The Labute approximate surface area is 112 Å². The van der Waals surface area contributed by atoms with Crippen LogP contribution in [0.2, 0.25) is 0 Å². The number of imidazole rings is 1. The number of hydrogen-bond donors (Lipinski definition) is 0. The van der Waals surface area contributed by atoms with Crippen LogP contribution in [0.4, 0.5) is 0 Å². The van der Waals surface area contributed by atoms with E-state index in [0.717, 1.165) is 30.0 Å². The second-order valence-electron chi connectivity index (χ2n) is 5.00. The fraction of sp³-hybridized carbons (Fsp3) is 0.692. The second kappa shape index (κ2) is 4.57. The highest BCUT2D eigenvalue weighted by atomic mass is 35.5. The molecular weight excluding hydrogens is 248 g/mol. The highest BCUT2D eigenvalue weighted by molar-refractivity contribution is 6.17. The molecule has 3 rings (SSSR count). The molecule has 0 amide bonds. The van der Waals surface area contributed by atoms with Crippen molar-refractivity contribution in [2.75, 3.05) is 5.88 Å². The average molecular weight is 267 g/mol. The van der Waals surface area contributed by atoms with Gasteiger partial charge in [0.05, 0.1) is 5.69 Å². The maximum atomic E-state index is 5.91. The minimum absolute atomic E-state index is 0.606. The molecule has 0 radical (unpaired) electrons. The van der Waals surface area contributed by atoms with Crippen molar-refractivity contribution in [3.05, 3.63) is 11.5 Å². The quantitative estimate of drug-likeness (QED) is 0.798. The predicted octanol–water partition coefficient (Wildman–Crippen LogP) is 3.07. The van der Waals surface area contributed by atoms with Gasteiger partial charge >= 0.3 is 0 Å². The lowest BCUT2D eigenvalue weighted by Gasteiger charge is -2.29. The molecule has 1 saturated carbocycles. The number of fused-ring (bicyclic) bond motifs is 1. The number of aryl methyl sites for hydroxylation is 3. The summed E-state index contributed by atoms with van der Waals surface area (Å²) in [6.45, 7) is 5.06.